The summed E-state index contributed by atoms with van der Waals surface area (Å²) >= 11 is 0. The van der Waals surface area contributed by atoms with Crippen molar-refractivity contribution >= 4 is 22.5 Å². The Kier molecular flexibility index (Phi) is 7.14. The number of fused-ring (bicyclic) bond motifs is 1. The summed E-state index contributed by atoms with van der Waals surface area (Å²) in [6.45, 7) is 3.11. The van der Waals surface area contributed by atoms with Gasteiger partial charge in [0.25, 0.3) is 5.91 Å². The molecule has 0 spiro atoms. The van der Waals surface area contributed by atoms with Crippen molar-refractivity contribution in [1.82, 2.24) is 29.9 Å². The molecular formula is C28H28FN7O2. The summed E-state index contributed by atoms with van der Waals surface area (Å²) in [6.07, 6.45) is 6.93. The van der Waals surface area contributed by atoms with E-state index in [1.807, 2.05) is 43.5 Å². The van der Waals surface area contributed by atoms with Crippen molar-refractivity contribution in [3.8, 4) is 0 Å². The number of methoxy groups -OCH3 is 1. The molecule has 0 fully saturated rings. The molecule has 3 aromatic heterocycles. The predicted molar refractivity (Wildman–Crippen MR) is 142 cm³/mol. The quantitative estimate of drug-likeness (QED) is 0.310. The van der Waals surface area contributed by atoms with E-state index < -0.39 is 0 Å². The summed E-state index contributed by atoms with van der Waals surface area (Å²) in [7, 11) is 1.55. The number of carbonyl (C=O) groups excluding carboxylic acids is 1. The third-order valence-electron chi connectivity index (χ3n) is 6.23. The summed E-state index contributed by atoms with van der Waals surface area (Å²) in [5.74, 6) is -0.114. The molecule has 194 valence electrons. The van der Waals surface area contributed by atoms with Gasteiger partial charge in [0.2, 0.25) is 0 Å². The number of nitrogen functional groups attached to an aromatic ring is 1. The zero-order valence-corrected chi connectivity index (χ0v) is 21.2. The number of carbonyl (C=O) groups is 1. The van der Waals surface area contributed by atoms with Gasteiger partial charge in [-0.05, 0) is 47.2 Å². The number of benzene rings is 2. The summed E-state index contributed by atoms with van der Waals surface area (Å²) in [5, 5.41) is 13.5. The number of aryl methyl sites for hydroxylation is 1. The van der Waals surface area contributed by atoms with Gasteiger partial charge in [-0.2, -0.15) is 10.2 Å². The molecule has 0 unspecified atom stereocenters. The van der Waals surface area contributed by atoms with Crippen LogP contribution in [0.2, 0.25) is 0 Å². The summed E-state index contributed by atoms with van der Waals surface area (Å²) in [4.78, 5) is 17.2. The number of ether oxygens (including phenoxy) is 1. The van der Waals surface area contributed by atoms with Crippen molar-refractivity contribution in [2.45, 2.75) is 33.2 Å². The van der Waals surface area contributed by atoms with Gasteiger partial charge in [0, 0.05) is 43.2 Å². The van der Waals surface area contributed by atoms with Gasteiger partial charge < -0.3 is 15.8 Å². The number of halogens is 1. The molecule has 5 rings (SSSR count). The van der Waals surface area contributed by atoms with E-state index in [1.54, 1.807) is 41.1 Å². The van der Waals surface area contributed by atoms with E-state index in [-0.39, 0.29) is 18.3 Å². The maximum atomic E-state index is 14.8. The van der Waals surface area contributed by atoms with Gasteiger partial charge in [0.1, 0.15) is 17.3 Å². The van der Waals surface area contributed by atoms with Crippen LogP contribution in [0.15, 0.2) is 67.3 Å². The Hall–Kier alpha value is -4.57. The molecule has 0 atom stereocenters. The van der Waals surface area contributed by atoms with Gasteiger partial charge in [-0.1, -0.05) is 24.3 Å². The van der Waals surface area contributed by atoms with E-state index in [2.05, 4.69) is 20.5 Å². The van der Waals surface area contributed by atoms with Crippen LogP contribution in [0.25, 0.3) is 10.8 Å². The molecule has 0 aliphatic rings. The SMILES string of the molecule is COCc1nn(Cc2ccc(Cn3cc(C)cn3)c(F)c2)cc1C(=O)NCc1ccc2c(N)nccc2c1. The summed E-state index contributed by atoms with van der Waals surface area (Å²) in [5.41, 5.74) is 10.1. The Morgan fingerprint density at radius 2 is 1.92 bits per heavy atom. The highest BCUT2D eigenvalue weighted by atomic mass is 19.1. The number of amides is 1. The van der Waals surface area contributed by atoms with Crippen molar-refractivity contribution in [1.29, 1.82) is 0 Å². The van der Waals surface area contributed by atoms with Gasteiger partial charge in [-0.25, -0.2) is 9.37 Å². The molecule has 38 heavy (non-hydrogen) atoms. The fraction of sp³-hybridized carbons (Fsp3) is 0.214. The van der Waals surface area contributed by atoms with E-state index in [1.165, 1.54) is 6.07 Å². The fourth-order valence-electron chi connectivity index (χ4n) is 4.35. The molecule has 5 aromatic rings. The molecule has 0 bridgehead atoms. The van der Waals surface area contributed by atoms with E-state index in [0.29, 0.717) is 42.3 Å². The minimum Gasteiger partial charge on any atom is -0.383 e. The number of anilines is 1. The van der Waals surface area contributed by atoms with Crippen LogP contribution in [0.3, 0.4) is 0 Å². The van der Waals surface area contributed by atoms with Crippen LogP contribution < -0.4 is 11.1 Å². The van der Waals surface area contributed by atoms with Crippen LogP contribution in [-0.4, -0.2) is 37.6 Å². The Balaban J connectivity index is 1.28. The first kappa shape index (κ1) is 25.1. The molecular weight excluding hydrogens is 485 g/mol. The van der Waals surface area contributed by atoms with E-state index in [0.717, 1.165) is 27.5 Å². The van der Waals surface area contributed by atoms with Crippen molar-refractivity contribution in [2.24, 2.45) is 0 Å². The minimum atomic E-state index is -0.314. The number of hydrogen-bond donors (Lipinski definition) is 2. The second-order valence-corrected chi connectivity index (χ2v) is 9.20. The number of rotatable bonds is 9. The summed E-state index contributed by atoms with van der Waals surface area (Å²) < 4.78 is 23.4. The van der Waals surface area contributed by atoms with Crippen molar-refractivity contribution < 1.29 is 13.9 Å². The van der Waals surface area contributed by atoms with E-state index >= 15 is 0 Å². The minimum absolute atomic E-state index is 0.175. The first-order chi connectivity index (χ1) is 18.4. The highest BCUT2D eigenvalue weighted by molar-refractivity contribution is 5.95. The van der Waals surface area contributed by atoms with Crippen molar-refractivity contribution in [3.05, 3.63) is 107 Å². The molecule has 9 nitrogen and oxygen atoms in total. The zero-order chi connectivity index (χ0) is 26.6. The van der Waals surface area contributed by atoms with Crippen molar-refractivity contribution in [2.75, 3.05) is 12.8 Å². The number of nitrogens with two attached hydrogens (primary N) is 1. The average molecular weight is 514 g/mol. The van der Waals surface area contributed by atoms with Crippen LogP contribution >= 0.6 is 0 Å². The van der Waals surface area contributed by atoms with Crippen molar-refractivity contribution in [3.63, 3.8) is 0 Å². The Morgan fingerprint density at radius 3 is 2.68 bits per heavy atom. The molecule has 0 saturated heterocycles. The fourth-order valence-corrected chi connectivity index (χ4v) is 4.35. The van der Waals surface area contributed by atoms with Gasteiger partial charge in [0.05, 0.1) is 31.5 Å². The molecule has 0 radical (unpaired) electrons. The average Bonchev–Trinajstić information content (AvgIpc) is 3.50. The lowest BCUT2D eigenvalue weighted by Crippen LogP contribution is -2.23. The lowest BCUT2D eigenvalue weighted by Gasteiger charge is -2.08. The molecule has 10 heteroatoms. The van der Waals surface area contributed by atoms with Crippen LogP contribution in [-0.2, 0) is 31.0 Å². The maximum Gasteiger partial charge on any atom is 0.255 e. The highest BCUT2D eigenvalue weighted by Gasteiger charge is 2.17. The molecule has 0 aliphatic carbocycles. The molecule has 0 aliphatic heterocycles. The van der Waals surface area contributed by atoms with Gasteiger partial charge in [-0.3, -0.25) is 14.2 Å². The predicted octanol–water partition coefficient (Wildman–Crippen LogP) is 3.83. The number of nitrogens with one attached hydrogen (secondary N) is 1. The Labute approximate surface area is 219 Å². The summed E-state index contributed by atoms with van der Waals surface area (Å²) in [6, 6.07) is 12.8. The largest absolute Gasteiger partial charge is 0.383 e. The zero-order valence-electron chi connectivity index (χ0n) is 21.2. The third kappa shape index (κ3) is 5.55. The molecule has 3 heterocycles. The van der Waals surface area contributed by atoms with E-state index in [9.17, 15) is 9.18 Å². The first-order valence-electron chi connectivity index (χ1n) is 12.1. The molecule has 1 amide bonds. The third-order valence-corrected chi connectivity index (χ3v) is 6.23. The normalized spacial score (nSPS) is 11.2. The number of pyridine rings is 1. The van der Waals surface area contributed by atoms with Gasteiger partial charge in [0.15, 0.2) is 0 Å². The molecule has 0 saturated carbocycles. The van der Waals surface area contributed by atoms with Crippen LogP contribution in [0.5, 0.6) is 0 Å². The standard InChI is InChI=1S/C28H28FN7O2/c1-18-11-33-35(13-18)15-22-5-3-20(10-25(22)29)14-36-16-24(26(34-36)17-38-2)28(37)32-12-19-4-6-23-21(9-19)7-8-31-27(23)30/h3-11,13,16H,12,14-15,17H2,1-2H3,(H2,30,31)(H,32,37). The van der Waals surface area contributed by atoms with Crippen LogP contribution in [0.4, 0.5) is 10.2 Å². The maximum absolute atomic E-state index is 14.8. The Morgan fingerprint density at radius 1 is 1.08 bits per heavy atom. The lowest BCUT2D eigenvalue weighted by molar-refractivity contribution is 0.0946. The number of hydrogen-bond acceptors (Lipinski definition) is 6. The van der Waals surface area contributed by atoms with Crippen LogP contribution in [0, 0.1) is 12.7 Å². The van der Waals surface area contributed by atoms with Gasteiger partial charge in [-0.15, -0.1) is 0 Å². The topological polar surface area (TPSA) is 113 Å². The second kappa shape index (κ2) is 10.8. The number of nitrogens with zero attached hydrogens (tertiary/aromatic N) is 5. The smallest absolute Gasteiger partial charge is 0.255 e. The highest BCUT2D eigenvalue weighted by Crippen LogP contribution is 2.20. The number of aromatic nitrogens is 5. The van der Waals surface area contributed by atoms with E-state index in [4.69, 9.17) is 10.5 Å². The molecule has 2 aromatic carbocycles. The molecule has 3 N–H and O–H groups in total. The monoisotopic (exact) mass is 513 g/mol. The Bertz CT molecular complexity index is 1610. The van der Waals surface area contributed by atoms with Crippen LogP contribution in [0.1, 0.15) is 38.3 Å². The second-order valence-electron chi connectivity index (χ2n) is 9.20. The van der Waals surface area contributed by atoms with Gasteiger partial charge >= 0.3 is 0 Å². The first-order valence-corrected chi connectivity index (χ1v) is 12.1. The lowest BCUT2D eigenvalue weighted by atomic mass is 10.1.